The van der Waals surface area contributed by atoms with Crippen LogP contribution < -0.4 is 4.72 Å². The lowest BCUT2D eigenvalue weighted by atomic mass is 10.1. The summed E-state index contributed by atoms with van der Waals surface area (Å²) in [6.07, 6.45) is 0.492. The lowest BCUT2D eigenvalue weighted by Crippen LogP contribution is -2.26. The van der Waals surface area contributed by atoms with Crippen molar-refractivity contribution in [1.82, 2.24) is 4.72 Å². The van der Waals surface area contributed by atoms with E-state index in [0.717, 1.165) is 10.0 Å². The van der Waals surface area contributed by atoms with Crippen molar-refractivity contribution >= 4 is 49.2 Å². The molecule has 0 atom stereocenters. The van der Waals surface area contributed by atoms with Gasteiger partial charge in [0.05, 0.1) is 4.90 Å². The molecule has 2 aromatic carbocycles. The molecule has 0 aliphatic carbocycles. The molecule has 3 nitrogen and oxygen atoms in total. The molecule has 0 fully saturated rings. The monoisotopic (exact) mass is 407 g/mol. The average molecular weight is 409 g/mol. The first kappa shape index (κ1) is 16.8. The highest BCUT2D eigenvalue weighted by molar-refractivity contribution is 9.10. The Bertz CT molecular complexity index is 733. The predicted octanol–water partition coefficient (Wildman–Crippen LogP) is 4.28. The summed E-state index contributed by atoms with van der Waals surface area (Å²) in [5.74, 6) is 0. The summed E-state index contributed by atoms with van der Waals surface area (Å²) in [6, 6.07) is 11.6. The van der Waals surface area contributed by atoms with Crippen LogP contribution in [-0.4, -0.2) is 15.0 Å². The average Bonchev–Trinajstić information content (AvgIpc) is 2.41. The first-order chi connectivity index (χ1) is 9.88. The summed E-state index contributed by atoms with van der Waals surface area (Å²) in [5, 5.41) is 1.09. The van der Waals surface area contributed by atoms with Crippen molar-refractivity contribution in [2.45, 2.75) is 11.3 Å². The van der Waals surface area contributed by atoms with Crippen LogP contribution in [0.2, 0.25) is 10.0 Å². The van der Waals surface area contributed by atoms with Crippen LogP contribution in [0, 0.1) is 0 Å². The van der Waals surface area contributed by atoms with Crippen LogP contribution in [0.4, 0.5) is 0 Å². The second kappa shape index (κ2) is 7.11. The zero-order chi connectivity index (χ0) is 15.5. The minimum Gasteiger partial charge on any atom is -0.211 e. The molecule has 7 heteroatoms. The maximum atomic E-state index is 12.1. The van der Waals surface area contributed by atoms with E-state index < -0.39 is 10.0 Å². The highest BCUT2D eigenvalue weighted by Gasteiger charge is 2.13. The van der Waals surface area contributed by atoms with E-state index in [-0.39, 0.29) is 11.4 Å². The Balaban J connectivity index is 2.00. The molecule has 2 rings (SSSR count). The van der Waals surface area contributed by atoms with Crippen LogP contribution in [0.15, 0.2) is 51.8 Å². The van der Waals surface area contributed by atoms with Gasteiger partial charge in [-0.05, 0) is 48.4 Å². The van der Waals surface area contributed by atoms with E-state index in [9.17, 15) is 8.42 Å². The fourth-order valence-electron chi connectivity index (χ4n) is 1.74. The van der Waals surface area contributed by atoms with Gasteiger partial charge in [-0.2, -0.15) is 0 Å². The predicted molar refractivity (Wildman–Crippen MR) is 89.5 cm³/mol. The minimum atomic E-state index is -3.51. The number of halogens is 3. The maximum absolute atomic E-state index is 12.1. The van der Waals surface area contributed by atoms with Gasteiger partial charge in [-0.1, -0.05) is 45.2 Å². The van der Waals surface area contributed by atoms with Gasteiger partial charge in [0.15, 0.2) is 0 Å². The number of hydrogen-bond acceptors (Lipinski definition) is 2. The van der Waals surface area contributed by atoms with Gasteiger partial charge in [-0.25, -0.2) is 13.1 Å². The van der Waals surface area contributed by atoms with Gasteiger partial charge in [0.2, 0.25) is 10.0 Å². The van der Waals surface area contributed by atoms with Crippen molar-refractivity contribution in [3.8, 4) is 0 Å². The molecule has 2 aromatic rings. The van der Waals surface area contributed by atoms with E-state index in [1.165, 1.54) is 0 Å². The molecule has 0 amide bonds. The lowest BCUT2D eigenvalue weighted by molar-refractivity contribution is 0.581. The summed E-state index contributed by atoms with van der Waals surface area (Å²) in [7, 11) is -3.51. The van der Waals surface area contributed by atoms with Gasteiger partial charge in [0, 0.05) is 21.1 Å². The summed E-state index contributed by atoms with van der Waals surface area (Å²) in [6.45, 7) is 0.264. The largest absolute Gasteiger partial charge is 0.240 e. The Labute approximate surface area is 142 Å². The molecule has 0 aliphatic rings. The number of benzene rings is 2. The second-order valence-electron chi connectivity index (χ2n) is 4.34. The molecule has 21 heavy (non-hydrogen) atoms. The number of nitrogens with one attached hydrogen (secondary N) is 1. The third kappa shape index (κ3) is 4.69. The van der Waals surface area contributed by atoms with Crippen molar-refractivity contribution in [3.05, 3.63) is 62.5 Å². The Morgan fingerprint density at radius 2 is 1.71 bits per heavy atom. The molecule has 0 bridgehead atoms. The Morgan fingerprint density at radius 1 is 1.05 bits per heavy atom. The van der Waals surface area contributed by atoms with Crippen molar-refractivity contribution in [2.24, 2.45) is 0 Å². The minimum absolute atomic E-state index is 0.230. The zero-order valence-corrected chi connectivity index (χ0v) is 14.7. The van der Waals surface area contributed by atoms with Crippen LogP contribution >= 0.6 is 39.1 Å². The van der Waals surface area contributed by atoms with E-state index in [4.69, 9.17) is 23.2 Å². The van der Waals surface area contributed by atoms with Crippen LogP contribution in [0.3, 0.4) is 0 Å². The van der Waals surface area contributed by atoms with Crippen molar-refractivity contribution < 1.29 is 8.42 Å². The molecule has 0 aromatic heterocycles. The van der Waals surface area contributed by atoms with Crippen LogP contribution in [0.1, 0.15) is 5.56 Å². The van der Waals surface area contributed by atoms with E-state index in [2.05, 4.69) is 20.7 Å². The van der Waals surface area contributed by atoms with Gasteiger partial charge < -0.3 is 0 Å². The van der Waals surface area contributed by atoms with Gasteiger partial charge >= 0.3 is 0 Å². The summed E-state index contributed by atoms with van der Waals surface area (Å²) >= 11 is 15.1. The normalized spacial score (nSPS) is 11.6. The molecule has 0 aliphatic heterocycles. The Morgan fingerprint density at radius 3 is 2.33 bits per heavy atom. The standard InChI is InChI=1S/C14H12BrCl2NO2S/c15-11-2-5-13(6-3-11)21(19,20)18-8-7-10-1-4-12(16)9-14(10)17/h1-6,9,18H,7-8H2. The highest BCUT2D eigenvalue weighted by Crippen LogP contribution is 2.21. The summed E-state index contributed by atoms with van der Waals surface area (Å²) < 4.78 is 27.6. The smallest absolute Gasteiger partial charge is 0.211 e. The van der Waals surface area contributed by atoms with Gasteiger partial charge in [0.1, 0.15) is 0 Å². The molecule has 0 heterocycles. The lowest BCUT2D eigenvalue weighted by Gasteiger charge is -2.08. The fourth-order valence-corrected chi connectivity index (χ4v) is 3.54. The molecule has 0 radical (unpaired) electrons. The van der Waals surface area contributed by atoms with Crippen LogP contribution in [0.25, 0.3) is 0 Å². The molecule has 112 valence electrons. The zero-order valence-electron chi connectivity index (χ0n) is 10.8. The van der Waals surface area contributed by atoms with Crippen molar-refractivity contribution in [2.75, 3.05) is 6.54 Å². The molecule has 0 saturated heterocycles. The third-order valence-electron chi connectivity index (χ3n) is 2.83. The SMILES string of the molecule is O=S(=O)(NCCc1ccc(Cl)cc1Cl)c1ccc(Br)cc1. The van der Waals surface area contributed by atoms with E-state index in [1.54, 1.807) is 42.5 Å². The number of rotatable bonds is 5. The second-order valence-corrected chi connectivity index (χ2v) is 7.86. The van der Waals surface area contributed by atoms with E-state index in [1.807, 2.05) is 0 Å². The highest BCUT2D eigenvalue weighted by atomic mass is 79.9. The van der Waals surface area contributed by atoms with Crippen LogP contribution in [-0.2, 0) is 16.4 Å². The summed E-state index contributed by atoms with van der Waals surface area (Å²) in [4.78, 5) is 0.230. The molecular weight excluding hydrogens is 397 g/mol. The number of hydrogen-bond donors (Lipinski definition) is 1. The molecule has 0 saturated carbocycles. The molecule has 1 N–H and O–H groups in total. The van der Waals surface area contributed by atoms with Gasteiger partial charge in [0.25, 0.3) is 0 Å². The summed E-state index contributed by atoms with van der Waals surface area (Å²) in [5.41, 5.74) is 0.847. The Kier molecular flexibility index (Phi) is 5.68. The molecule has 0 unspecified atom stereocenters. The molecule has 0 spiro atoms. The quantitative estimate of drug-likeness (QED) is 0.802. The van der Waals surface area contributed by atoms with Gasteiger partial charge in [-0.15, -0.1) is 0 Å². The Hall–Kier alpha value is -0.590. The first-order valence-electron chi connectivity index (χ1n) is 6.08. The third-order valence-corrected chi connectivity index (χ3v) is 5.42. The van der Waals surface area contributed by atoms with Crippen LogP contribution in [0.5, 0.6) is 0 Å². The maximum Gasteiger partial charge on any atom is 0.240 e. The number of sulfonamides is 1. The fraction of sp³-hybridized carbons (Fsp3) is 0.143. The topological polar surface area (TPSA) is 46.2 Å². The van der Waals surface area contributed by atoms with E-state index in [0.29, 0.717) is 16.5 Å². The first-order valence-corrected chi connectivity index (χ1v) is 9.11. The van der Waals surface area contributed by atoms with Crippen molar-refractivity contribution in [1.29, 1.82) is 0 Å². The van der Waals surface area contributed by atoms with E-state index >= 15 is 0 Å². The van der Waals surface area contributed by atoms with Crippen molar-refractivity contribution in [3.63, 3.8) is 0 Å². The molecular formula is C14H12BrCl2NO2S. The van der Waals surface area contributed by atoms with Gasteiger partial charge in [-0.3, -0.25) is 0 Å².